The monoisotopic (exact) mass is 264 g/mol. The standard InChI is InChI=1S/C11H24N2O3S/c1-4-17(14,15)12-6-5-7-13-8-10(2)16-11(3)9-13/h10-12H,4-9H2,1-3H3. The van der Waals surface area contributed by atoms with Crippen molar-refractivity contribution in [3.8, 4) is 0 Å². The van der Waals surface area contributed by atoms with Gasteiger partial charge in [0.1, 0.15) is 0 Å². The highest BCUT2D eigenvalue weighted by atomic mass is 32.2. The van der Waals surface area contributed by atoms with Crippen LogP contribution < -0.4 is 4.72 Å². The summed E-state index contributed by atoms with van der Waals surface area (Å²) in [4.78, 5) is 2.33. The molecule has 102 valence electrons. The molecule has 0 saturated carbocycles. The summed E-state index contributed by atoms with van der Waals surface area (Å²) in [6.45, 7) is 9.11. The van der Waals surface area contributed by atoms with Crippen LogP contribution in [-0.4, -0.2) is 57.5 Å². The van der Waals surface area contributed by atoms with Crippen LogP contribution in [0.3, 0.4) is 0 Å². The fraction of sp³-hybridized carbons (Fsp3) is 1.00. The summed E-state index contributed by atoms with van der Waals surface area (Å²) in [6.07, 6.45) is 1.38. The Morgan fingerprint density at radius 2 is 1.88 bits per heavy atom. The maximum absolute atomic E-state index is 11.2. The molecule has 0 bridgehead atoms. The average Bonchev–Trinajstić information content (AvgIpc) is 2.23. The van der Waals surface area contributed by atoms with Crippen LogP contribution in [0.25, 0.3) is 0 Å². The van der Waals surface area contributed by atoms with Crippen molar-refractivity contribution < 1.29 is 13.2 Å². The van der Waals surface area contributed by atoms with E-state index < -0.39 is 10.0 Å². The van der Waals surface area contributed by atoms with Gasteiger partial charge in [-0.2, -0.15) is 0 Å². The Morgan fingerprint density at radius 3 is 2.41 bits per heavy atom. The molecule has 0 radical (unpaired) electrons. The molecule has 0 aromatic heterocycles. The maximum Gasteiger partial charge on any atom is 0.211 e. The summed E-state index contributed by atoms with van der Waals surface area (Å²) >= 11 is 0. The predicted molar refractivity (Wildman–Crippen MR) is 68.5 cm³/mol. The number of rotatable bonds is 6. The van der Waals surface area contributed by atoms with Crippen LogP contribution >= 0.6 is 0 Å². The van der Waals surface area contributed by atoms with Crippen LogP contribution in [0, 0.1) is 0 Å². The smallest absolute Gasteiger partial charge is 0.211 e. The molecule has 2 unspecified atom stereocenters. The zero-order valence-corrected chi connectivity index (χ0v) is 11.8. The average molecular weight is 264 g/mol. The molecule has 0 spiro atoms. The minimum Gasteiger partial charge on any atom is -0.373 e. The van der Waals surface area contributed by atoms with Crippen molar-refractivity contribution in [2.75, 3.05) is 31.9 Å². The summed E-state index contributed by atoms with van der Waals surface area (Å²) in [6, 6.07) is 0. The number of ether oxygens (including phenoxy) is 1. The van der Waals surface area contributed by atoms with Crippen LogP contribution in [0.2, 0.25) is 0 Å². The van der Waals surface area contributed by atoms with Gasteiger partial charge < -0.3 is 4.74 Å². The first-order valence-electron chi connectivity index (χ1n) is 6.28. The molecule has 0 aromatic rings. The van der Waals surface area contributed by atoms with Crippen molar-refractivity contribution in [2.45, 2.75) is 39.4 Å². The van der Waals surface area contributed by atoms with Gasteiger partial charge in [-0.3, -0.25) is 4.90 Å². The predicted octanol–water partition coefficient (Wildman–Crippen LogP) is 0.425. The normalized spacial score (nSPS) is 27.2. The van der Waals surface area contributed by atoms with E-state index in [2.05, 4.69) is 23.5 Å². The van der Waals surface area contributed by atoms with E-state index in [1.54, 1.807) is 6.92 Å². The topological polar surface area (TPSA) is 58.6 Å². The molecule has 0 aliphatic carbocycles. The van der Waals surface area contributed by atoms with E-state index in [0.29, 0.717) is 6.54 Å². The minimum absolute atomic E-state index is 0.151. The van der Waals surface area contributed by atoms with Crippen LogP contribution in [0.4, 0.5) is 0 Å². The number of morpholine rings is 1. The van der Waals surface area contributed by atoms with E-state index in [1.807, 2.05) is 0 Å². The zero-order chi connectivity index (χ0) is 12.9. The molecule has 0 amide bonds. The summed E-state index contributed by atoms with van der Waals surface area (Å²) in [5, 5.41) is 0. The molecule has 17 heavy (non-hydrogen) atoms. The number of nitrogens with zero attached hydrogens (tertiary/aromatic N) is 1. The molecule has 1 aliphatic rings. The molecule has 1 N–H and O–H groups in total. The van der Waals surface area contributed by atoms with Gasteiger partial charge in [0.15, 0.2) is 0 Å². The first-order chi connectivity index (χ1) is 7.93. The Balaban J connectivity index is 2.18. The fourth-order valence-electron chi connectivity index (χ4n) is 2.10. The zero-order valence-electron chi connectivity index (χ0n) is 11.0. The molecule has 1 rings (SSSR count). The molecule has 5 nitrogen and oxygen atoms in total. The van der Waals surface area contributed by atoms with Gasteiger partial charge in [0.25, 0.3) is 0 Å². The molecular weight excluding hydrogens is 240 g/mol. The molecule has 1 heterocycles. The van der Waals surface area contributed by atoms with E-state index >= 15 is 0 Å². The SMILES string of the molecule is CCS(=O)(=O)NCCCN1CC(C)OC(C)C1. The van der Waals surface area contributed by atoms with Crippen LogP contribution in [-0.2, 0) is 14.8 Å². The van der Waals surface area contributed by atoms with Crippen LogP contribution in [0.5, 0.6) is 0 Å². The molecule has 1 fully saturated rings. The van der Waals surface area contributed by atoms with Crippen molar-refractivity contribution in [3.05, 3.63) is 0 Å². The second-order valence-corrected chi connectivity index (χ2v) is 6.76. The Labute approximate surface area is 105 Å². The number of hydrogen-bond donors (Lipinski definition) is 1. The lowest BCUT2D eigenvalue weighted by atomic mass is 10.2. The van der Waals surface area contributed by atoms with Crippen LogP contribution in [0.1, 0.15) is 27.2 Å². The van der Waals surface area contributed by atoms with Gasteiger partial charge in [-0.25, -0.2) is 13.1 Å². The first kappa shape index (κ1) is 14.9. The number of hydrogen-bond acceptors (Lipinski definition) is 4. The quantitative estimate of drug-likeness (QED) is 0.707. The summed E-state index contributed by atoms with van der Waals surface area (Å²) in [7, 11) is -3.04. The van der Waals surface area contributed by atoms with Gasteiger partial charge in [0.05, 0.1) is 18.0 Å². The molecule has 1 aliphatic heterocycles. The highest BCUT2D eigenvalue weighted by Gasteiger charge is 2.21. The van der Waals surface area contributed by atoms with Crippen molar-refractivity contribution in [1.82, 2.24) is 9.62 Å². The lowest BCUT2D eigenvalue weighted by Gasteiger charge is -2.35. The number of sulfonamides is 1. The van der Waals surface area contributed by atoms with E-state index in [9.17, 15) is 8.42 Å². The third kappa shape index (κ3) is 5.81. The second kappa shape index (κ2) is 6.68. The highest BCUT2D eigenvalue weighted by Crippen LogP contribution is 2.10. The molecule has 0 aromatic carbocycles. The van der Waals surface area contributed by atoms with Crippen molar-refractivity contribution in [1.29, 1.82) is 0 Å². The molecular formula is C11H24N2O3S. The summed E-state index contributed by atoms with van der Waals surface area (Å²) < 4.78 is 30.6. The third-order valence-electron chi connectivity index (χ3n) is 2.85. The Morgan fingerprint density at radius 1 is 1.29 bits per heavy atom. The largest absolute Gasteiger partial charge is 0.373 e. The van der Waals surface area contributed by atoms with Crippen molar-refractivity contribution in [2.24, 2.45) is 0 Å². The maximum atomic E-state index is 11.2. The molecule has 2 atom stereocenters. The van der Waals surface area contributed by atoms with Gasteiger partial charge in [0, 0.05) is 19.6 Å². The lowest BCUT2D eigenvalue weighted by Crippen LogP contribution is -2.46. The lowest BCUT2D eigenvalue weighted by molar-refractivity contribution is -0.0679. The van der Waals surface area contributed by atoms with E-state index in [4.69, 9.17) is 4.74 Å². The van der Waals surface area contributed by atoms with Gasteiger partial charge in [-0.1, -0.05) is 0 Å². The van der Waals surface area contributed by atoms with Gasteiger partial charge in [-0.15, -0.1) is 0 Å². The fourth-order valence-corrected chi connectivity index (χ4v) is 2.76. The summed E-state index contributed by atoms with van der Waals surface area (Å²) in [5.74, 6) is 0.151. The van der Waals surface area contributed by atoms with E-state index in [-0.39, 0.29) is 18.0 Å². The van der Waals surface area contributed by atoms with E-state index in [0.717, 1.165) is 26.1 Å². The van der Waals surface area contributed by atoms with Crippen molar-refractivity contribution in [3.63, 3.8) is 0 Å². The second-order valence-electron chi connectivity index (χ2n) is 4.67. The van der Waals surface area contributed by atoms with Gasteiger partial charge in [0.2, 0.25) is 10.0 Å². The third-order valence-corrected chi connectivity index (χ3v) is 4.25. The Bertz CT molecular complexity index is 309. The van der Waals surface area contributed by atoms with Gasteiger partial charge in [-0.05, 0) is 33.7 Å². The molecule has 6 heteroatoms. The van der Waals surface area contributed by atoms with E-state index in [1.165, 1.54) is 0 Å². The Kier molecular flexibility index (Phi) is 5.85. The first-order valence-corrected chi connectivity index (χ1v) is 7.93. The highest BCUT2D eigenvalue weighted by molar-refractivity contribution is 7.89. The van der Waals surface area contributed by atoms with Crippen LogP contribution in [0.15, 0.2) is 0 Å². The van der Waals surface area contributed by atoms with Gasteiger partial charge >= 0.3 is 0 Å². The Hall–Kier alpha value is -0.170. The minimum atomic E-state index is -3.04. The summed E-state index contributed by atoms with van der Waals surface area (Å²) in [5.41, 5.74) is 0. The van der Waals surface area contributed by atoms with Crippen molar-refractivity contribution >= 4 is 10.0 Å². The number of nitrogens with one attached hydrogen (secondary N) is 1. The molecule has 1 saturated heterocycles.